The molecule has 0 saturated carbocycles. The van der Waals surface area contributed by atoms with E-state index in [0.29, 0.717) is 5.75 Å². The van der Waals surface area contributed by atoms with Gasteiger partial charge in [0.1, 0.15) is 11.4 Å². The maximum atomic E-state index is 12.6. The summed E-state index contributed by atoms with van der Waals surface area (Å²) < 4.78 is 5.78. The Morgan fingerprint density at radius 2 is 2.23 bits per heavy atom. The topological polar surface area (TPSA) is 63.7 Å². The van der Waals surface area contributed by atoms with E-state index in [1.807, 2.05) is 24.3 Å². The molecule has 1 amide bonds. The molecule has 0 N–H and O–H groups in total. The molecular weight excluding hydrogens is 370 g/mol. The number of Topliss-reactive ketones (excluding diaryl/α,β-unsaturated/α-hetero) is 1. The summed E-state index contributed by atoms with van der Waals surface area (Å²) in [7, 11) is 0. The third-order valence-corrected chi connectivity index (χ3v) is 5.59. The molecule has 0 spiro atoms. The molecule has 0 bridgehead atoms. The van der Waals surface area contributed by atoms with Gasteiger partial charge < -0.3 is 9.64 Å². The van der Waals surface area contributed by atoms with Crippen LogP contribution in [0.25, 0.3) is 0 Å². The standard InChI is InChI=1S/C15H14BrNO4S/c1-2-21-15(20)11-12(18)10-7-22-14(17(10)13(11)19)8-4-3-5-9(16)6-8/h3-6,10-11,14H,2,7H2,1H3/t10?,11?,14-/m0/s1. The number of amides is 1. The molecule has 2 fully saturated rings. The van der Waals surface area contributed by atoms with Crippen molar-refractivity contribution in [3.63, 3.8) is 0 Å². The first-order chi connectivity index (χ1) is 10.5. The zero-order chi connectivity index (χ0) is 15.9. The fraction of sp³-hybridized carbons (Fsp3) is 0.400. The van der Waals surface area contributed by atoms with E-state index in [2.05, 4.69) is 15.9 Å². The Kier molecular flexibility index (Phi) is 4.27. The van der Waals surface area contributed by atoms with Crippen LogP contribution in [0.5, 0.6) is 0 Å². The van der Waals surface area contributed by atoms with Gasteiger partial charge in [-0.2, -0.15) is 0 Å². The molecule has 3 rings (SSSR count). The zero-order valence-corrected chi connectivity index (χ0v) is 14.2. The van der Waals surface area contributed by atoms with Crippen molar-refractivity contribution in [2.24, 2.45) is 5.92 Å². The second-order valence-electron chi connectivity index (χ2n) is 5.09. The van der Waals surface area contributed by atoms with Gasteiger partial charge >= 0.3 is 5.97 Å². The largest absolute Gasteiger partial charge is 0.465 e. The first-order valence-corrected chi connectivity index (χ1v) is 8.78. The van der Waals surface area contributed by atoms with E-state index in [9.17, 15) is 14.4 Å². The van der Waals surface area contributed by atoms with Gasteiger partial charge in [0.05, 0.1) is 6.61 Å². The fourth-order valence-electron chi connectivity index (χ4n) is 2.82. The Morgan fingerprint density at radius 3 is 2.91 bits per heavy atom. The number of benzene rings is 1. The van der Waals surface area contributed by atoms with Gasteiger partial charge in [0.25, 0.3) is 0 Å². The summed E-state index contributed by atoms with van der Waals surface area (Å²) in [6, 6.07) is 7.10. The van der Waals surface area contributed by atoms with E-state index < -0.39 is 23.8 Å². The Hall–Kier alpha value is -1.34. The average molecular weight is 384 g/mol. The van der Waals surface area contributed by atoms with Crippen molar-refractivity contribution in [2.75, 3.05) is 12.4 Å². The van der Waals surface area contributed by atoms with E-state index in [1.54, 1.807) is 18.7 Å². The Bertz CT molecular complexity index is 650. The van der Waals surface area contributed by atoms with Crippen LogP contribution in [0.1, 0.15) is 17.9 Å². The van der Waals surface area contributed by atoms with Gasteiger partial charge in [-0.15, -0.1) is 11.8 Å². The first-order valence-electron chi connectivity index (χ1n) is 6.94. The van der Waals surface area contributed by atoms with Crippen LogP contribution in [0.15, 0.2) is 28.7 Å². The molecule has 3 atom stereocenters. The van der Waals surface area contributed by atoms with Crippen LogP contribution >= 0.6 is 27.7 Å². The van der Waals surface area contributed by atoms with E-state index in [0.717, 1.165) is 10.0 Å². The highest BCUT2D eigenvalue weighted by atomic mass is 79.9. The molecule has 2 aliphatic rings. The molecule has 2 aliphatic heterocycles. The fourth-order valence-corrected chi connectivity index (χ4v) is 4.67. The van der Waals surface area contributed by atoms with Crippen molar-refractivity contribution >= 4 is 45.4 Å². The van der Waals surface area contributed by atoms with Crippen LogP contribution in [-0.2, 0) is 19.1 Å². The number of ketones is 1. The van der Waals surface area contributed by atoms with E-state index >= 15 is 0 Å². The van der Waals surface area contributed by atoms with Crippen LogP contribution < -0.4 is 0 Å². The number of carbonyl (C=O) groups excluding carboxylic acids is 3. The monoisotopic (exact) mass is 383 g/mol. The number of rotatable bonds is 3. The summed E-state index contributed by atoms with van der Waals surface area (Å²) in [4.78, 5) is 38.4. The number of fused-ring (bicyclic) bond motifs is 1. The molecule has 1 aromatic carbocycles. The van der Waals surface area contributed by atoms with Crippen molar-refractivity contribution in [1.29, 1.82) is 0 Å². The third kappa shape index (κ3) is 2.46. The van der Waals surface area contributed by atoms with Crippen molar-refractivity contribution in [2.45, 2.75) is 18.3 Å². The summed E-state index contributed by atoms with van der Waals surface area (Å²) in [5.74, 6) is -2.29. The van der Waals surface area contributed by atoms with Crippen molar-refractivity contribution in [1.82, 2.24) is 4.90 Å². The summed E-state index contributed by atoms with van der Waals surface area (Å²) in [6.07, 6.45) is 0. The molecule has 116 valence electrons. The van der Waals surface area contributed by atoms with Crippen LogP contribution in [0.4, 0.5) is 0 Å². The van der Waals surface area contributed by atoms with Crippen molar-refractivity contribution in [3.05, 3.63) is 34.3 Å². The van der Waals surface area contributed by atoms with Gasteiger partial charge in [0, 0.05) is 10.2 Å². The van der Waals surface area contributed by atoms with Gasteiger partial charge in [0.2, 0.25) is 5.91 Å². The highest BCUT2D eigenvalue weighted by Gasteiger charge is 2.57. The number of hydrogen-bond acceptors (Lipinski definition) is 5. The summed E-state index contributed by atoms with van der Waals surface area (Å²) >= 11 is 4.95. The molecule has 5 nitrogen and oxygen atoms in total. The minimum atomic E-state index is -1.29. The SMILES string of the molecule is CCOC(=O)C1C(=O)C2CS[C@@H](c3cccc(Br)c3)N2C1=O. The van der Waals surface area contributed by atoms with Crippen LogP contribution in [0, 0.1) is 5.92 Å². The molecule has 0 radical (unpaired) electrons. The predicted octanol–water partition coefficient (Wildman–Crippen LogP) is 2.15. The Morgan fingerprint density at radius 1 is 1.45 bits per heavy atom. The quantitative estimate of drug-likeness (QED) is 0.590. The average Bonchev–Trinajstić information content (AvgIpc) is 3.01. The Balaban J connectivity index is 1.90. The lowest BCUT2D eigenvalue weighted by Crippen LogP contribution is -2.33. The molecule has 7 heteroatoms. The number of carbonyl (C=O) groups is 3. The third-order valence-electron chi connectivity index (χ3n) is 3.77. The minimum Gasteiger partial charge on any atom is -0.465 e. The number of ether oxygens (including phenoxy) is 1. The summed E-state index contributed by atoms with van der Waals surface area (Å²) in [5, 5.41) is -0.238. The zero-order valence-electron chi connectivity index (χ0n) is 11.8. The molecule has 1 aromatic rings. The number of thioether (sulfide) groups is 1. The number of halogens is 1. The Labute approximate surface area is 140 Å². The minimum absolute atomic E-state index is 0.157. The van der Waals surface area contributed by atoms with Crippen LogP contribution in [0.3, 0.4) is 0 Å². The molecule has 2 unspecified atom stereocenters. The summed E-state index contributed by atoms with van der Waals surface area (Å²) in [5.41, 5.74) is 0.938. The molecule has 22 heavy (non-hydrogen) atoms. The smallest absolute Gasteiger partial charge is 0.326 e. The highest BCUT2D eigenvalue weighted by molar-refractivity contribution is 9.10. The molecular formula is C15H14BrNO4S. The van der Waals surface area contributed by atoms with Gasteiger partial charge in [-0.1, -0.05) is 28.1 Å². The second-order valence-corrected chi connectivity index (χ2v) is 7.12. The maximum Gasteiger partial charge on any atom is 0.326 e. The van der Waals surface area contributed by atoms with Gasteiger partial charge in [-0.25, -0.2) is 0 Å². The second kappa shape index (κ2) is 6.04. The van der Waals surface area contributed by atoms with Crippen molar-refractivity contribution < 1.29 is 19.1 Å². The number of nitrogens with zero attached hydrogens (tertiary/aromatic N) is 1. The van der Waals surface area contributed by atoms with Crippen LogP contribution in [0.2, 0.25) is 0 Å². The van der Waals surface area contributed by atoms with Gasteiger partial charge in [0.15, 0.2) is 11.7 Å². The number of hydrogen-bond donors (Lipinski definition) is 0. The van der Waals surface area contributed by atoms with Gasteiger partial charge in [-0.3, -0.25) is 14.4 Å². The maximum absolute atomic E-state index is 12.6. The lowest BCUT2D eigenvalue weighted by molar-refractivity contribution is -0.154. The molecule has 0 aliphatic carbocycles. The normalized spacial score (nSPS) is 27.2. The lowest BCUT2D eigenvalue weighted by atomic mass is 10.0. The highest BCUT2D eigenvalue weighted by Crippen LogP contribution is 2.46. The van der Waals surface area contributed by atoms with E-state index in [-0.39, 0.29) is 17.8 Å². The van der Waals surface area contributed by atoms with Gasteiger partial charge in [-0.05, 0) is 24.6 Å². The molecule has 0 aromatic heterocycles. The molecule has 2 saturated heterocycles. The first kappa shape index (κ1) is 15.6. The summed E-state index contributed by atoms with van der Waals surface area (Å²) in [6.45, 7) is 1.81. The number of esters is 1. The van der Waals surface area contributed by atoms with E-state index in [4.69, 9.17) is 4.74 Å². The van der Waals surface area contributed by atoms with E-state index in [1.165, 1.54) is 4.90 Å². The molecule has 2 heterocycles. The lowest BCUT2D eigenvalue weighted by Gasteiger charge is -2.23. The van der Waals surface area contributed by atoms with Crippen molar-refractivity contribution in [3.8, 4) is 0 Å². The van der Waals surface area contributed by atoms with Crippen LogP contribution in [-0.4, -0.2) is 41.0 Å². The predicted molar refractivity (Wildman–Crippen MR) is 85.1 cm³/mol.